The minimum Gasteiger partial charge on any atom is -0.364 e. The number of anilines is 2. The van der Waals surface area contributed by atoms with Crippen LogP contribution in [0.2, 0.25) is 0 Å². The van der Waals surface area contributed by atoms with E-state index in [1.54, 1.807) is 4.68 Å². The third-order valence-electron chi connectivity index (χ3n) is 3.28. The van der Waals surface area contributed by atoms with E-state index < -0.39 is 5.91 Å². The quantitative estimate of drug-likeness (QED) is 0.886. The lowest BCUT2D eigenvalue weighted by atomic mass is 9.91. The number of aryl methyl sites for hydroxylation is 1. The molecule has 0 aliphatic rings. The van der Waals surface area contributed by atoms with Gasteiger partial charge in [0.1, 0.15) is 10.0 Å². The van der Waals surface area contributed by atoms with Crippen LogP contribution in [-0.2, 0) is 12.5 Å². The van der Waals surface area contributed by atoms with Gasteiger partial charge in [0.15, 0.2) is 11.5 Å². The SMILES string of the molecule is CCC(C)(C)c1nc(C(N)=O)c(Nc2ccn(C)n2)s1. The van der Waals surface area contributed by atoms with Crippen LogP contribution >= 0.6 is 11.3 Å². The van der Waals surface area contributed by atoms with E-state index in [9.17, 15) is 4.79 Å². The third-order valence-corrected chi connectivity index (χ3v) is 4.62. The third kappa shape index (κ3) is 2.82. The van der Waals surface area contributed by atoms with Crippen LogP contribution in [0.4, 0.5) is 10.8 Å². The van der Waals surface area contributed by atoms with Gasteiger partial charge in [-0.25, -0.2) is 4.98 Å². The summed E-state index contributed by atoms with van der Waals surface area (Å²) in [6.07, 6.45) is 2.76. The van der Waals surface area contributed by atoms with Crippen molar-refractivity contribution in [2.75, 3.05) is 5.32 Å². The molecule has 2 aromatic rings. The molecule has 0 saturated carbocycles. The molecule has 20 heavy (non-hydrogen) atoms. The summed E-state index contributed by atoms with van der Waals surface area (Å²) in [4.78, 5) is 15.9. The Morgan fingerprint density at radius 1 is 1.55 bits per heavy atom. The first-order valence-electron chi connectivity index (χ1n) is 6.41. The van der Waals surface area contributed by atoms with Crippen LogP contribution in [0.5, 0.6) is 0 Å². The lowest BCUT2D eigenvalue weighted by Gasteiger charge is -2.18. The Hall–Kier alpha value is -1.89. The van der Waals surface area contributed by atoms with Gasteiger partial charge < -0.3 is 11.1 Å². The monoisotopic (exact) mass is 293 g/mol. The summed E-state index contributed by atoms with van der Waals surface area (Å²) >= 11 is 1.45. The van der Waals surface area contributed by atoms with Crippen molar-refractivity contribution in [2.24, 2.45) is 12.8 Å². The summed E-state index contributed by atoms with van der Waals surface area (Å²) in [7, 11) is 1.83. The number of nitrogens with one attached hydrogen (secondary N) is 1. The highest BCUT2D eigenvalue weighted by molar-refractivity contribution is 7.16. The van der Waals surface area contributed by atoms with Crippen LogP contribution < -0.4 is 11.1 Å². The number of aromatic nitrogens is 3. The van der Waals surface area contributed by atoms with Crippen molar-refractivity contribution in [2.45, 2.75) is 32.6 Å². The largest absolute Gasteiger partial charge is 0.364 e. The van der Waals surface area contributed by atoms with Crippen molar-refractivity contribution in [3.8, 4) is 0 Å². The number of primary amides is 1. The first kappa shape index (κ1) is 14.5. The van der Waals surface area contributed by atoms with E-state index >= 15 is 0 Å². The highest BCUT2D eigenvalue weighted by Gasteiger charge is 2.26. The van der Waals surface area contributed by atoms with Crippen LogP contribution in [0.3, 0.4) is 0 Å². The molecule has 0 aliphatic heterocycles. The molecule has 2 heterocycles. The number of carbonyl (C=O) groups is 1. The molecule has 0 fully saturated rings. The van der Waals surface area contributed by atoms with Crippen molar-refractivity contribution < 1.29 is 4.79 Å². The molecule has 6 nitrogen and oxygen atoms in total. The zero-order chi connectivity index (χ0) is 14.9. The first-order chi connectivity index (χ1) is 9.33. The Kier molecular flexibility index (Phi) is 3.80. The second-order valence-corrected chi connectivity index (χ2v) is 6.30. The fourth-order valence-corrected chi connectivity index (χ4v) is 2.76. The first-order valence-corrected chi connectivity index (χ1v) is 7.23. The summed E-state index contributed by atoms with van der Waals surface area (Å²) in [5, 5.41) is 8.89. The van der Waals surface area contributed by atoms with Gasteiger partial charge in [-0.15, -0.1) is 0 Å². The molecule has 3 N–H and O–H groups in total. The van der Waals surface area contributed by atoms with Crippen LogP contribution in [0.1, 0.15) is 42.7 Å². The zero-order valence-corrected chi connectivity index (χ0v) is 12.9. The van der Waals surface area contributed by atoms with E-state index in [1.807, 2.05) is 19.3 Å². The molecular weight excluding hydrogens is 274 g/mol. The molecule has 0 unspecified atom stereocenters. The number of hydrogen-bond acceptors (Lipinski definition) is 5. The Balaban J connectivity index is 2.38. The molecule has 2 aromatic heterocycles. The average molecular weight is 293 g/mol. The molecule has 7 heteroatoms. The van der Waals surface area contributed by atoms with Gasteiger partial charge in [-0.2, -0.15) is 5.10 Å². The maximum Gasteiger partial charge on any atom is 0.270 e. The number of nitrogens with two attached hydrogens (primary N) is 1. The van der Waals surface area contributed by atoms with E-state index in [0.717, 1.165) is 11.4 Å². The number of carbonyl (C=O) groups excluding carboxylic acids is 1. The number of hydrogen-bond donors (Lipinski definition) is 2. The second-order valence-electron chi connectivity index (χ2n) is 5.30. The molecule has 0 saturated heterocycles. The number of rotatable bonds is 5. The van der Waals surface area contributed by atoms with Crippen molar-refractivity contribution in [3.63, 3.8) is 0 Å². The molecule has 0 aromatic carbocycles. The number of thiazole rings is 1. The van der Waals surface area contributed by atoms with Gasteiger partial charge in [0.05, 0.1) is 0 Å². The molecule has 1 amide bonds. The zero-order valence-electron chi connectivity index (χ0n) is 12.1. The molecule has 0 atom stereocenters. The Bertz CT molecular complexity index is 628. The molecule has 0 spiro atoms. The van der Waals surface area contributed by atoms with Crippen molar-refractivity contribution in [1.82, 2.24) is 14.8 Å². The predicted octanol–water partition coefficient (Wildman–Crippen LogP) is 2.41. The topological polar surface area (TPSA) is 85.8 Å². The molecule has 2 rings (SSSR count). The molecule has 0 aliphatic carbocycles. The van der Waals surface area contributed by atoms with E-state index in [0.29, 0.717) is 10.8 Å². The van der Waals surface area contributed by atoms with Gasteiger partial charge in [0.25, 0.3) is 5.91 Å². The second kappa shape index (κ2) is 5.24. The fraction of sp³-hybridized carbons (Fsp3) is 0.462. The van der Waals surface area contributed by atoms with Gasteiger partial charge in [-0.1, -0.05) is 32.1 Å². The van der Waals surface area contributed by atoms with Crippen LogP contribution in [0.15, 0.2) is 12.3 Å². The van der Waals surface area contributed by atoms with Crippen molar-refractivity contribution in [3.05, 3.63) is 23.0 Å². The minimum atomic E-state index is -0.530. The van der Waals surface area contributed by atoms with Gasteiger partial charge in [0, 0.05) is 24.7 Å². The Morgan fingerprint density at radius 2 is 2.25 bits per heavy atom. The van der Waals surface area contributed by atoms with Gasteiger partial charge in [-0.05, 0) is 6.42 Å². The smallest absolute Gasteiger partial charge is 0.270 e. The van der Waals surface area contributed by atoms with E-state index in [4.69, 9.17) is 5.73 Å². The summed E-state index contributed by atoms with van der Waals surface area (Å²) in [6, 6.07) is 1.83. The van der Waals surface area contributed by atoms with E-state index in [-0.39, 0.29) is 11.1 Å². The highest BCUT2D eigenvalue weighted by Crippen LogP contribution is 2.36. The average Bonchev–Trinajstić information content (AvgIpc) is 2.97. The van der Waals surface area contributed by atoms with Gasteiger partial charge in [-0.3, -0.25) is 9.48 Å². The molecule has 0 radical (unpaired) electrons. The number of amides is 1. The summed E-state index contributed by atoms with van der Waals surface area (Å²) in [5.74, 6) is 0.136. The maximum atomic E-state index is 11.5. The molecule has 0 bridgehead atoms. The van der Waals surface area contributed by atoms with Crippen LogP contribution in [0.25, 0.3) is 0 Å². The van der Waals surface area contributed by atoms with E-state index in [2.05, 4.69) is 36.2 Å². The van der Waals surface area contributed by atoms with Crippen molar-refractivity contribution in [1.29, 1.82) is 0 Å². The highest BCUT2D eigenvalue weighted by atomic mass is 32.1. The Morgan fingerprint density at radius 3 is 2.75 bits per heavy atom. The normalized spacial score (nSPS) is 11.6. The summed E-state index contributed by atoms with van der Waals surface area (Å²) in [6.45, 7) is 6.29. The van der Waals surface area contributed by atoms with Gasteiger partial charge in [0.2, 0.25) is 0 Å². The minimum absolute atomic E-state index is 0.0844. The Labute approximate surface area is 122 Å². The molecular formula is C13H19N5OS. The van der Waals surface area contributed by atoms with E-state index in [1.165, 1.54) is 11.3 Å². The summed E-state index contributed by atoms with van der Waals surface area (Å²) in [5.41, 5.74) is 5.60. The van der Waals surface area contributed by atoms with Crippen LogP contribution in [-0.4, -0.2) is 20.7 Å². The number of nitrogens with zero attached hydrogens (tertiary/aromatic N) is 3. The van der Waals surface area contributed by atoms with Crippen LogP contribution in [0, 0.1) is 0 Å². The standard InChI is InChI=1S/C13H19N5OS/c1-5-13(2,3)12-16-9(10(14)19)11(20-12)15-8-6-7-18(4)17-8/h6-7H,5H2,1-4H3,(H2,14,19)(H,15,17). The lowest BCUT2D eigenvalue weighted by Crippen LogP contribution is -2.17. The van der Waals surface area contributed by atoms with Gasteiger partial charge >= 0.3 is 0 Å². The lowest BCUT2D eigenvalue weighted by molar-refractivity contribution is 0.0996. The fourth-order valence-electron chi connectivity index (χ4n) is 1.61. The predicted molar refractivity (Wildman–Crippen MR) is 80.4 cm³/mol. The van der Waals surface area contributed by atoms with Crippen molar-refractivity contribution >= 4 is 28.1 Å². The summed E-state index contributed by atoms with van der Waals surface area (Å²) < 4.78 is 1.68. The maximum absolute atomic E-state index is 11.5. The molecule has 108 valence electrons.